The molecule has 1 aliphatic carbocycles. The number of fused-ring (bicyclic) bond motifs is 1. The number of benzene rings is 2. The second-order valence-electron chi connectivity index (χ2n) is 8.67. The molecule has 1 N–H and O–H groups in total. The number of hydrogen-bond donors (Lipinski definition) is 1. The van der Waals surface area contributed by atoms with Crippen LogP contribution in [0.3, 0.4) is 0 Å². The highest BCUT2D eigenvalue weighted by molar-refractivity contribution is 5.75. The molecule has 5 nitrogen and oxygen atoms in total. The van der Waals surface area contributed by atoms with Gasteiger partial charge < -0.3 is 19.5 Å². The number of halogens is 1. The Hall–Kier alpha value is -2.60. The van der Waals surface area contributed by atoms with Crippen LogP contribution in [-0.2, 0) is 16.1 Å². The number of amides is 1. The predicted molar refractivity (Wildman–Crippen MR) is 120 cm³/mol. The van der Waals surface area contributed by atoms with Crippen LogP contribution in [0.15, 0.2) is 42.5 Å². The van der Waals surface area contributed by atoms with E-state index < -0.39 is 0 Å². The Kier molecular flexibility index (Phi) is 7.30. The summed E-state index contributed by atoms with van der Waals surface area (Å²) in [6.07, 6.45) is 5.46. The van der Waals surface area contributed by atoms with Gasteiger partial charge in [-0.25, -0.2) is 4.39 Å². The van der Waals surface area contributed by atoms with Crippen molar-refractivity contribution in [2.75, 3.05) is 7.11 Å². The Bertz CT molecular complexity index is 934. The quantitative estimate of drug-likeness (QED) is 0.631. The fourth-order valence-corrected chi connectivity index (χ4v) is 4.99. The van der Waals surface area contributed by atoms with Gasteiger partial charge in [-0.1, -0.05) is 44.0 Å². The lowest BCUT2D eigenvalue weighted by molar-refractivity contribution is -0.132. The number of carbonyl (C=O) groups is 1. The van der Waals surface area contributed by atoms with Crippen LogP contribution in [0.5, 0.6) is 11.5 Å². The van der Waals surface area contributed by atoms with Crippen LogP contribution in [0.25, 0.3) is 0 Å². The molecule has 0 aromatic heterocycles. The van der Waals surface area contributed by atoms with Crippen LogP contribution in [0.1, 0.15) is 62.7 Å². The summed E-state index contributed by atoms with van der Waals surface area (Å²) in [7, 11) is 1.61. The molecule has 6 heteroatoms. The van der Waals surface area contributed by atoms with Gasteiger partial charge in [0.2, 0.25) is 5.91 Å². The summed E-state index contributed by atoms with van der Waals surface area (Å²) in [4.78, 5) is 12.2. The second-order valence-corrected chi connectivity index (χ2v) is 8.67. The molecule has 1 aliphatic heterocycles. The first-order valence-electron chi connectivity index (χ1n) is 11.6. The smallest absolute Gasteiger partial charge is 0.219 e. The van der Waals surface area contributed by atoms with Crippen molar-refractivity contribution >= 4 is 5.91 Å². The molecule has 4 rings (SSSR count). The lowest BCUT2D eigenvalue weighted by Crippen LogP contribution is -2.51. The molecular weight excluding hydrogens is 409 g/mol. The van der Waals surface area contributed by atoms with Crippen molar-refractivity contribution in [3.63, 3.8) is 0 Å². The van der Waals surface area contributed by atoms with Gasteiger partial charge in [0.05, 0.1) is 19.3 Å². The molecule has 172 valence electrons. The van der Waals surface area contributed by atoms with E-state index in [1.807, 2.05) is 31.2 Å². The van der Waals surface area contributed by atoms with E-state index in [2.05, 4.69) is 5.32 Å². The van der Waals surface area contributed by atoms with Crippen molar-refractivity contribution in [3.05, 3.63) is 59.4 Å². The molecular formula is C26H32FNO4. The molecule has 1 amide bonds. The minimum absolute atomic E-state index is 0.0770. The summed E-state index contributed by atoms with van der Waals surface area (Å²) < 4.78 is 31.9. The van der Waals surface area contributed by atoms with Gasteiger partial charge in [0.15, 0.2) is 11.5 Å². The molecule has 2 aromatic carbocycles. The third kappa shape index (κ3) is 5.07. The minimum Gasteiger partial charge on any atom is -0.493 e. The van der Waals surface area contributed by atoms with Crippen molar-refractivity contribution in [2.24, 2.45) is 5.92 Å². The molecule has 1 saturated carbocycles. The lowest BCUT2D eigenvalue weighted by atomic mass is 9.76. The average Bonchev–Trinajstić information content (AvgIpc) is 2.82. The highest BCUT2D eigenvalue weighted by Crippen LogP contribution is 2.45. The summed E-state index contributed by atoms with van der Waals surface area (Å²) in [6.45, 7) is 2.10. The number of para-hydroxylation sites is 1. The normalized spacial score (nSPS) is 25.0. The van der Waals surface area contributed by atoms with Gasteiger partial charge in [-0.15, -0.1) is 0 Å². The van der Waals surface area contributed by atoms with Gasteiger partial charge in [-0.2, -0.15) is 0 Å². The number of nitrogens with one attached hydrogen (secondary N) is 1. The van der Waals surface area contributed by atoms with Crippen LogP contribution in [0.4, 0.5) is 4.39 Å². The third-order valence-corrected chi connectivity index (χ3v) is 6.59. The Morgan fingerprint density at radius 2 is 2.00 bits per heavy atom. The molecule has 4 atom stereocenters. The maximum Gasteiger partial charge on any atom is 0.219 e. The van der Waals surface area contributed by atoms with Crippen molar-refractivity contribution in [1.29, 1.82) is 0 Å². The summed E-state index contributed by atoms with van der Waals surface area (Å²) >= 11 is 0. The van der Waals surface area contributed by atoms with E-state index in [-0.39, 0.29) is 36.6 Å². The van der Waals surface area contributed by atoms with Crippen molar-refractivity contribution in [1.82, 2.24) is 5.32 Å². The molecule has 0 radical (unpaired) electrons. The van der Waals surface area contributed by atoms with Crippen molar-refractivity contribution < 1.29 is 23.4 Å². The van der Waals surface area contributed by atoms with Gasteiger partial charge in [-0.3, -0.25) is 4.79 Å². The fraction of sp³-hybridized carbons (Fsp3) is 0.500. The van der Waals surface area contributed by atoms with E-state index in [1.165, 1.54) is 18.6 Å². The molecule has 32 heavy (non-hydrogen) atoms. The van der Waals surface area contributed by atoms with Gasteiger partial charge in [0, 0.05) is 23.9 Å². The predicted octanol–water partition coefficient (Wildman–Crippen LogP) is 5.33. The minimum atomic E-state index is -0.292. The molecule has 0 unspecified atom stereocenters. The SMILES string of the molecule is CCC(=O)N[C@@H]1C[C@H](c2cccc(OC)c2OCc2cccc(F)c2)O[C@@H]2CCCC[C@@H]12. The Balaban J connectivity index is 1.60. The zero-order valence-electron chi connectivity index (χ0n) is 18.8. The Morgan fingerprint density at radius 1 is 1.19 bits per heavy atom. The Morgan fingerprint density at radius 3 is 2.78 bits per heavy atom. The zero-order chi connectivity index (χ0) is 22.5. The van der Waals surface area contributed by atoms with Crippen molar-refractivity contribution in [3.8, 4) is 11.5 Å². The molecule has 1 heterocycles. The van der Waals surface area contributed by atoms with Crippen LogP contribution < -0.4 is 14.8 Å². The van der Waals surface area contributed by atoms with Crippen LogP contribution >= 0.6 is 0 Å². The zero-order valence-corrected chi connectivity index (χ0v) is 18.8. The first-order valence-corrected chi connectivity index (χ1v) is 11.6. The lowest BCUT2D eigenvalue weighted by Gasteiger charge is -2.45. The Labute approximate surface area is 189 Å². The summed E-state index contributed by atoms with van der Waals surface area (Å²) in [5.74, 6) is 1.35. The van der Waals surface area contributed by atoms with E-state index in [1.54, 1.807) is 13.2 Å². The second kappa shape index (κ2) is 10.3. The summed E-state index contributed by atoms with van der Waals surface area (Å²) in [5, 5.41) is 3.25. The van der Waals surface area contributed by atoms with E-state index >= 15 is 0 Å². The van der Waals surface area contributed by atoms with E-state index in [4.69, 9.17) is 14.2 Å². The maximum atomic E-state index is 13.6. The monoisotopic (exact) mass is 441 g/mol. The molecule has 1 saturated heterocycles. The molecule has 2 aromatic rings. The molecule has 2 fully saturated rings. The topological polar surface area (TPSA) is 56.8 Å². The van der Waals surface area contributed by atoms with Gasteiger partial charge in [-0.05, 0) is 43.0 Å². The van der Waals surface area contributed by atoms with Crippen LogP contribution in [-0.4, -0.2) is 25.2 Å². The summed E-state index contributed by atoms with van der Waals surface area (Å²) in [6, 6.07) is 12.2. The van der Waals surface area contributed by atoms with E-state index in [9.17, 15) is 9.18 Å². The number of rotatable bonds is 7. The number of methoxy groups -OCH3 is 1. The first-order chi connectivity index (χ1) is 15.6. The third-order valence-electron chi connectivity index (χ3n) is 6.59. The van der Waals surface area contributed by atoms with Gasteiger partial charge >= 0.3 is 0 Å². The number of carbonyl (C=O) groups excluding carboxylic acids is 1. The standard InChI is InChI=1S/C26H32FNO4/c1-3-25(29)28-21-15-24(32-22-12-5-4-10-19(21)22)20-11-7-13-23(30-2)26(20)31-16-17-8-6-9-18(27)14-17/h6-9,11,13-14,19,21-22,24H,3-5,10,12,15-16H2,1-2H3,(H,28,29)/t19-,21+,22+,24+/m0/s1. The van der Waals surface area contributed by atoms with Crippen LogP contribution in [0, 0.1) is 11.7 Å². The van der Waals surface area contributed by atoms with Crippen LogP contribution in [0.2, 0.25) is 0 Å². The highest BCUT2D eigenvalue weighted by Gasteiger charge is 2.41. The average molecular weight is 442 g/mol. The van der Waals surface area contributed by atoms with Gasteiger partial charge in [0.25, 0.3) is 0 Å². The number of ether oxygens (including phenoxy) is 3. The van der Waals surface area contributed by atoms with E-state index in [0.717, 1.165) is 30.4 Å². The first kappa shape index (κ1) is 22.6. The van der Waals surface area contributed by atoms with Crippen molar-refractivity contribution in [2.45, 2.75) is 70.3 Å². The highest BCUT2D eigenvalue weighted by atomic mass is 19.1. The van der Waals surface area contributed by atoms with E-state index in [0.29, 0.717) is 30.3 Å². The number of hydrogen-bond acceptors (Lipinski definition) is 4. The molecule has 2 aliphatic rings. The molecule has 0 bridgehead atoms. The summed E-state index contributed by atoms with van der Waals surface area (Å²) in [5.41, 5.74) is 1.65. The maximum absolute atomic E-state index is 13.6. The van der Waals surface area contributed by atoms with Gasteiger partial charge in [0.1, 0.15) is 12.4 Å². The molecule has 0 spiro atoms. The fourth-order valence-electron chi connectivity index (χ4n) is 4.99. The largest absolute Gasteiger partial charge is 0.493 e.